The number of aromatic nitrogens is 2. The first-order valence-electron chi connectivity index (χ1n) is 6.44. The molecule has 1 aromatic heterocycles. The van der Waals surface area contributed by atoms with Gasteiger partial charge in [-0.25, -0.2) is 4.98 Å². The smallest absolute Gasteiger partial charge is 0.189 e. The van der Waals surface area contributed by atoms with Gasteiger partial charge in [0.1, 0.15) is 5.75 Å². The topological polar surface area (TPSA) is 47.1 Å². The highest BCUT2D eigenvalue weighted by atomic mass is 35.5. The molecule has 0 amide bonds. The van der Waals surface area contributed by atoms with Crippen molar-refractivity contribution in [2.45, 2.75) is 30.9 Å². The summed E-state index contributed by atoms with van der Waals surface area (Å²) in [4.78, 5) is 7.63. The summed E-state index contributed by atoms with van der Waals surface area (Å²) in [5.74, 6) is 1.66. The number of ether oxygens (including phenoxy) is 2. The minimum Gasteiger partial charge on any atom is -0.467 e. The van der Waals surface area contributed by atoms with Crippen LogP contribution < -0.4 is 4.74 Å². The largest absolute Gasteiger partial charge is 0.467 e. The van der Waals surface area contributed by atoms with Crippen molar-refractivity contribution in [3.63, 3.8) is 0 Å². The summed E-state index contributed by atoms with van der Waals surface area (Å²) in [5.41, 5.74) is 3.23. The second-order valence-electron chi connectivity index (χ2n) is 4.52. The summed E-state index contributed by atoms with van der Waals surface area (Å²) >= 11 is 7.79. The molecule has 1 aliphatic heterocycles. The van der Waals surface area contributed by atoms with E-state index >= 15 is 0 Å². The van der Waals surface area contributed by atoms with Gasteiger partial charge in [0.15, 0.2) is 11.9 Å². The van der Waals surface area contributed by atoms with Crippen molar-refractivity contribution in [3.05, 3.63) is 40.2 Å². The summed E-state index contributed by atoms with van der Waals surface area (Å²) < 4.78 is 10.9. The van der Waals surface area contributed by atoms with Gasteiger partial charge in [0.25, 0.3) is 0 Å². The Balaban J connectivity index is 1.78. The fraction of sp³-hybridized carbons (Fsp3) is 0.357. The summed E-state index contributed by atoms with van der Waals surface area (Å²) in [6, 6.07) is 3.84. The Kier molecular flexibility index (Phi) is 4.19. The number of nitrogens with one attached hydrogen (secondary N) is 1. The maximum atomic E-state index is 6.15. The number of aromatic amines is 1. The zero-order valence-corrected chi connectivity index (χ0v) is 12.7. The van der Waals surface area contributed by atoms with Crippen LogP contribution in [0.25, 0.3) is 0 Å². The van der Waals surface area contributed by atoms with Crippen molar-refractivity contribution in [1.29, 1.82) is 0 Å². The van der Waals surface area contributed by atoms with Gasteiger partial charge in [-0.05, 0) is 18.6 Å². The van der Waals surface area contributed by atoms with Gasteiger partial charge in [-0.3, -0.25) is 0 Å². The Labute approximate surface area is 126 Å². The lowest BCUT2D eigenvalue weighted by molar-refractivity contribution is -0.0168. The number of benzene rings is 1. The number of hydrogen-bond acceptors (Lipinski definition) is 4. The predicted molar refractivity (Wildman–Crippen MR) is 79.3 cm³/mol. The molecule has 0 saturated carbocycles. The van der Waals surface area contributed by atoms with Crippen molar-refractivity contribution in [2.24, 2.45) is 0 Å². The minimum atomic E-state index is 0.299. The second kappa shape index (κ2) is 6.08. The molecule has 2 heterocycles. The number of rotatable bonds is 4. The van der Waals surface area contributed by atoms with E-state index < -0.39 is 0 Å². The molecule has 6 heteroatoms. The van der Waals surface area contributed by atoms with Crippen LogP contribution in [0.2, 0.25) is 5.02 Å². The van der Waals surface area contributed by atoms with Gasteiger partial charge in [0.2, 0.25) is 0 Å². The molecule has 1 aromatic carbocycles. The highest BCUT2D eigenvalue weighted by molar-refractivity contribution is 7.98. The molecule has 20 heavy (non-hydrogen) atoms. The first-order valence-corrected chi connectivity index (χ1v) is 7.81. The predicted octanol–water partition coefficient (Wildman–Crippen LogP) is 3.78. The van der Waals surface area contributed by atoms with Crippen LogP contribution in [0.1, 0.15) is 23.7 Å². The molecule has 0 radical (unpaired) electrons. The Morgan fingerprint density at radius 2 is 2.35 bits per heavy atom. The maximum absolute atomic E-state index is 6.15. The lowest BCUT2D eigenvalue weighted by Gasteiger charge is -2.20. The fourth-order valence-electron chi connectivity index (χ4n) is 2.10. The molecule has 0 fully saturated rings. The molecule has 0 aliphatic carbocycles. The number of halogens is 1. The summed E-state index contributed by atoms with van der Waals surface area (Å²) in [7, 11) is 0. The minimum absolute atomic E-state index is 0.299. The van der Waals surface area contributed by atoms with Gasteiger partial charge < -0.3 is 14.5 Å². The number of aryl methyl sites for hydroxylation is 1. The molecule has 1 aliphatic rings. The average Bonchev–Trinajstić information content (AvgIpc) is 2.92. The summed E-state index contributed by atoms with van der Waals surface area (Å²) in [6.07, 6.45) is 2.83. The van der Waals surface area contributed by atoms with Crippen LogP contribution in [0.3, 0.4) is 0 Å². The number of fused-ring (bicyclic) bond motifs is 1. The van der Waals surface area contributed by atoms with Crippen LogP contribution in [-0.4, -0.2) is 16.8 Å². The van der Waals surface area contributed by atoms with Crippen LogP contribution in [0, 0.1) is 0 Å². The van der Waals surface area contributed by atoms with Gasteiger partial charge in [-0.2, -0.15) is 0 Å². The number of imidazole rings is 1. The molecule has 2 aromatic rings. The van der Waals surface area contributed by atoms with E-state index in [1.807, 2.05) is 18.3 Å². The van der Waals surface area contributed by atoms with E-state index in [2.05, 4.69) is 16.9 Å². The van der Waals surface area contributed by atoms with E-state index in [0.29, 0.717) is 18.4 Å². The molecule has 0 spiro atoms. The highest BCUT2D eigenvalue weighted by Gasteiger charge is 2.16. The molecule has 1 N–H and O–H groups in total. The van der Waals surface area contributed by atoms with Crippen LogP contribution in [-0.2, 0) is 23.5 Å². The van der Waals surface area contributed by atoms with Gasteiger partial charge in [-0.1, -0.05) is 30.3 Å². The monoisotopic (exact) mass is 310 g/mol. The molecule has 106 valence electrons. The zero-order chi connectivity index (χ0) is 13.9. The Hall–Kier alpha value is -1.17. The third kappa shape index (κ3) is 2.95. The van der Waals surface area contributed by atoms with Crippen LogP contribution in [0.15, 0.2) is 23.5 Å². The summed E-state index contributed by atoms with van der Waals surface area (Å²) in [6.45, 7) is 2.95. The lowest BCUT2D eigenvalue weighted by Crippen LogP contribution is -2.12. The quantitative estimate of drug-likeness (QED) is 0.873. The number of hydrogen-bond donors (Lipinski definition) is 1. The van der Waals surface area contributed by atoms with Crippen molar-refractivity contribution >= 4 is 23.4 Å². The van der Waals surface area contributed by atoms with Crippen LogP contribution in [0.5, 0.6) is 5.75 Å². The van der Waals surface area contributed by atoms with Crippen molar-refractivity contribution in [2.75, 3.05) is 6.79 Å². The van der Waals surface area contributed by atoms with Crippen LogP contribution >= 0.6 is 23.4 Å². The van der Waals surface area contributed by atoms with Crippen molar-refractivity contribution in [3.8, 4) is 5.75 Å². The number of nitrogens with zero attached hydrogens (tertiary/aromatic N) is 1. The van der Waals surface area contributed by atoms with Gasteiger partial charge in [0.05, 0.1) is 6.61 Å². The normalized spacial score (nSPS) is 13.9. The van der Waals surface area contributed by atoms with E-state index in [9.17, 15) is 0 Å². The fourth-order valence-corrected chi connectivity index (χ4v) is 3.20. The van der Waals surface area contributed by atoms with E-state index in [1.165, 1.54) is 0 Å². The second-order valence-corrected chi connectivity index (χ2v) is 5.92. The number of thioether (sulfide) groups is 1. The molecular formula is C14H15ClN2O2S. The molecule has 0 bridgehead atoms. The number of H-pyrrole nitrogens is 1. The van der Waals surface area contributed by atoms with E-state index in [0.717, 1.165) is 39.9 Å². The zero-order valence-electron chi connectivity index (χ0n) is 11.1. The van der Waals surface area contributed by atoms with Crippen molar-refractivity contribution < 1.29 is 9.47 Å². The third-order valence-corrected chi connectivity index (χ3v) is 4.26. The SMILES string of the molecule is CCc1cnc(SCc2cc(Cl)cc3c2OCOC3)[nH]1. The first-order chi connectivity index (χ1) is 9.76. The van der Waals surface area contributed by atoms with Gasteiger partial charge in [0, 0.05) is 33.8 Å². The standard InChI is InChI=1S/C14H15ClN2O2S/c1-2-12-5-16-14(17-12)20-7-10-4-11(15)3-9-6-18-8-19-13(9)10/h3-5H,2,6-8H2,1H3,(H,16,17). The molecule has 3 rings (SSSR count). The average molecular weight is 311 g/mol. The third-order valence-electron chi connectivity index (χ3n) is 3.10. The maximum Gasteiger partial charge on any atom is 0.189 e. The van der Waals surface area contributed by atoms with E-state index in [-0.39, 0.29) is 0 Å². The Bertz CT molecular complexity index is 615. The van der Waals surface area contributed by atoms with Crippen molar-refractivity contribution in [1.82, 2.24) is 9.97 Å². The van der Waals surface area contributed by atoms with E-state index in [1.54, 1.807) is 11.8 Å². The molecule has 0 saturated heterocycles. The van der Waals surface area contributed by atoms with Gasteiger partial charge in [-0.15, -0.1) is 0 Å². The Morgan fingerprint density at radius 1 is 1.45 bits per heavy atom. The molecule has 0 unspecified atom stereocenters. The molecule has 4 nitrogen and oxygen atoms in total. The lowest BCUT2D eigenvalue weighted by atomic mass is 10.1. The van der Waals surface area contributed by atoms with Gasteiger partial charge >= 0.3 is 0 Å². The molecule has 0 atom stereocenters. The first kappa shape index (κ1) is 13.8. The molecular weight excluding hydrogens is 296 g/mol. The summed E-state index contributed by atoms with van der Waals surface area (Å²) in [5, 5.41) is 1.63. The van der Waals surface area contributed by atoms with E-state index in [4.69, 9.17) is 21.1 Å². The Morgan fingerprint density at radius 3 is 3.15 bits per heavy atom. The highest BCUT2D eigenvalue weighted by Crippen LogP contribution is 2.34. The van der Waals surface area contributed by atoms with Crippen LogP contribution in [0.4, 0.5) is 0 Å².